The highest BCUT2D eigenvalue weighted by atomic mass is 35.5. The summed E-state index contributed by atoms with van der Waals surface area (Å²) in [4.78, 5) is 65.6. The minimum atomic E-state index is -1.47. The molecule has 0 saturated heterocycles. The van der Waals surface area contributed by atoms with E-state index < -0.39 is 60.7 Å². The molecule has 0 saturated carbocycles. The van der Waals surface area contributed by atoms with Crippen LogP contribution in [0.15, 0.2) is 60.8 Å². The third-order valence-electron chi connectivity index (χ3n) is 6.42. The van der Waals surface area contributed by atoms with E-state index >= 15 is 0 Å². The minimum Gasteiger partial charge on any atom is -0.481 e. The number of H-pyrrole nitrogens is 1. The lowest BCUT2D eigenvalue weighted by molar-refractivity contribution is -0.141. The van der Waals surface area contributed by atoms with Crippen molar-refractivity contribution in [2.75, 3.05) is 11.9 Å². The molecule has 1 heterocycles. The molecule has 12 nitrogen and oxygen atoms in total. The first-order valence-electron chi connectivity index (χ1n) is 13.4. The molecule has 0 bridgehead atoms. The molecule has 0 fully saturated rings. The Morgan fingerprint density at radius 3 is 2.26 bits per heavy atom. The number of benzene rings is 2. The highest BCUT2D eigenvalue weighted by molar-refractivity contribution is 5.98. The smallest absolute Gasteiger partial charge is 0.305 e. The molecule has 4 amide bonds. The van der Waals surface area contributed by atoms with E-state index in [1.165, 1.54) is 0 Å². The van der Waals surface area contributed by atoms with Crippen LogP contribution in [0, 0.1) is 0 Å². The van der Waals surface area contributed by atoms with Crippen LogP contribution in [-0.4, -0.2) is 64.4 Å². The van der Waals surface area contributed by atoms with Gasteiger partial charge in [0.1, 0.15) is 12.1 Å². The Labute approximate surface area is 249 Å². The number of amides is 4. The Kier molecular flexibility index (Phi) is 13.5. The molecular formula is C29H37ClN6O6. The maximum absolute atomic E-state index is 13.2. The topological polar surface area (TPSA) is 196 Å². The predicted molar refractivity (Wildman–Crippen MR) is 161 cm³/mol. The first kappa shape index (κ1) is 33.8. The van der Waals surface area contributed by atoms with E-state index in [0.717, 1.165) is 22.9 Å². The Hall–Kier alpha value is -4.42. The van der Waals surface area contributed by atoms with Crippen LogP contribution in [0.3, 0.4) is 0 Å². The van der Waals surface area contributed by atoms with Gasteiger partial charge in [-0.2, -0.15) is 0 Å². The highest BCUT2D eigenvalue weighted by Crippen LogP contribution is 2.19. The van der Waals surface area contributed by atoms with Crippen LogP contribution in [-0.2, 0) is 30.4 Å². The zero-order valence-electron chi connectivity index (χ0n) is 23.2. The van der Waals surface area contributed by atoms with Gasteiger partial charge in [-0.3, -0.25) is 24.0 Å². The summed E-state index contributed by atoms with van der Waals surface area (Å²) in [5, 5.41) is 20.3. The van der Waals surface area contributed by atoms with Crippen LogP contribution in [0.4, 0.5) is 5.69 Å². The van der Waals surface area contributed by atoms with Crippen LogP contribution in [0.1, 0.15) is 38.2 Å². The Balaban J connectivity index is 0.00000616. The number of aromatic amines is 1. The van der Waals surface area contributed by atoms with Gasteiger partial charge in [0, 0.05) is 22.8 Å². The number of nitrogens with one attached hydrogen (secondary N) is 5. The summed E-state index contributed by atoms with van der Waals surface area (Å²) in [6, 6.07) is 12.7. The number of unbranched alkanes of at least 4 members (excludes halogenated alkanes) is 1. The van der Waals surface area contributed by atoms with Crippen molar-refractivity contribution in [1.29, 1.82) is 0 Å². The quantitative estimate of drug-likeness (QED) is 0.138. The maximum atomic E-state index is 13.2. The summed E-state index contributed by atoms with van der Waals surface area (Å²) < 4.78 is 0. The number of aliphatic carboxylic acids is 1. The second kappa shape index (κ2) is 16.7. The minimum absolute atomic E-state index is 0. The molecule has 0 unspecified atom stereocenters. The Morgan fingerprint density at radius 2 is 1.57 bits per heavy atom. The summed E-state index contributed by atoms with van der Waals surface area (Å²) in [6.07, 6.45) is 2.88. The second-order valence-electron chi connectivity index (χ2n) is 9.66. The average Bonchev–Trinajstić information content (AvgIpc) is 3.36. The van der Waals surface area contributed by atoms with E-state index in [9.17, 15) is 29.1 Å². The fourth-order valence-electron chi connectivity index (χ4n) is 4.26. The highest BCUT2D eigenvalue weighted by Gasteiger charge is 2.29. The Morgan fingerprint density at radius 1 is 0.905 bits per heavy atom. The second-order valence-corrected chi connectivity index (χ2v) is 9.66. The lowest BCUT2D eigenvalue weighted by Gasteiger charge is -2.23. The number of para-hydroxylation sites is 2. The molecule has 0 spiro atoms. The third-order valence-corrected chi connectivity index (χ3v) is 6.42. The van der Waals surface area contributed by atoms with Gasteiger partial charge in [0.25, 0.3) is 0 Å². The summed E-state index contributed by atoms with van der Waals surface area (Å²) >= 11 is 0. The lowest BCUT2D eigenvalue weighted by Crippen LogP contribution is -2.56. The van der Waals surface area contributed by atoms with Crippen molar-refractivity contribution in [2.24, 2.45) is 5.73 Å². The summed E-state index contributed by atoms with van der Waals surface area (Å²) in [5.74, 6) is -3.97. The van der Waals surface area contributed by atoms with E-state index in [2.05, 4.69) is 26.3 Å². The zero-order valence-corrected chi connectivity index (χ0v) is 24.0. The van der Waals surface area contributed by atoms with Crippen LogP contribution in [0.5, 0.6) is 0 Å². The molecule has 13 heteroatoms. The first-order valence-corrected chi connectivity index (χ1v) is 13.4. The molecule has 2 aromatic carbocycles. The number of carboxylic acid groups (broad SMARTS) is 1. The van der Waals surface area contributed by atoms with Crippen LogP contribution in [0.2, 0.25) is 0 Å². The van der Waals surface area contributed by atoms with E-state index in [1.807, 2.05) is 31.2 Å². The number of hydrogen-bond acceptors (Lipinski definition) is 6. The molecule has 1 aromatic heterocycles. The van der Waals surface area contributed by atoms with Crippen molar-refractivity contribution >= 4 is 58.6 Å². The zero-order chi connectivity index (χ0) is 29.8. The number of carbonyl (C=O) groups excluding carboxylic acids is 4. The fourth-order valence-corrected chi connectivity index (χ4v) is 4.26. The normalized spacial score (nSPS) is 12.7. The molecule has 0 radical (unpaired) electrons. The van der Waals surface area contributed by atoms with Crippen molar-refractivity contribution in [2.45, 2.75) is 57.2 Å². The number of hydrogen-bond donors (Lipinski definition) is 7. The van der Waals surface area contributed by atoms with Crippen molar-refractivity contribution in [1.82, 2.24) is 20.9 Å². The first-order chi connectivity index (χ1) is 19.7. The summed E-state index contributed by atoms with van der Waals surface area (Å²) in [5.41, 5.74) is 8.47. The molecule has 42 heavy (non-hydrogen) atoms. The van der Waals surface area contributed by atoms with Crippen LogP contribution in [0.25, 0.3) is 10.9 Å². The van der Waals surface area contributed by atoms with Crippen molar-refractivity contribution < 1.29 is 29.1 Å². The number of rotatable bonds is 15. The fraction of sp³-hybridized carbons (Fsp3) is 0.345. The number of anilines is 1. The molecule has 0 aliphatic heterocycles. The number of halogens is 1. The van der Waals surface area contributed by atoms with Gasteiger partial charge in [0.2, 0.25) is 23.6 Å². The number of carboxylic acids is 1. The molecule has 0 aliphatic rings. The molecule has 3 rings (SSSR count). The molecule has 0 aliphatic carbocycles. The van der Waals surface area contributed by atoms with Gasteiger partial charge in [0.05, 0.1) is 19.0 Å². The van der Waals surface area contributed by atoms with Crippen molar-refractivity contribution in [3.8, 4) is 0 Å². The molecule has 8 N–H and O–H groups in total. The van der Waals surface area contributed by atoms with Crippen LogP contribution >= 0.6 is 12.4 Å². The standard InChI is InChI=1S/C29H36N6O6.ClH/c1-2-3-12-23(34-27(39)21(30)14-18-16-31-22-13-8-7-11-20(18)22)29(41)35-24(15-26(37)38)28(40)32-17-25(36)33-19-9-5-4-6-10-19;/h4-11,13,16,21,23-24,31H,2-3,12,14-15,17,30H2,1H3,(H,32,40)(H,33,36)(H,34,39)(H,35,41)(H,37,38);1H/t21-,23-,24-;/m0./s1. The third kappa shape index (κ3) is 10.2. The number of carbonyl (C=O) groups is 5. The van der Waals surface area contributed by atoms with Gasteiger partial charge in [-0.25, -0.2) is 0 Å². The maximum Gasteiger partial charge on any atom is 0.305 e. The Bertz CT molecular complexity index is 1360. The SMILES string of the molecule is CCCC[C@H](NC(=O)[C@@H](N)Cc1c[nH]c2ccccc12)C(=O)N[C@@H](CC(=O)O)C(=O)NCC(=O)Nc1ccccc1.Cl. The lowest BCUT2D eigenvalue weighted by atomic mass is 10.0. The van der Waals surface area contributed by atoms with E-state index in [4.69, 9.17) is 5.73 Å². The van der Waals surface area contributed by atoms with Crippen molar-refractivity contribution in [3.05, 3.63) is 66.4 Å². The summed E-state index contributed by atoms with van der Waals surface area (Å²) in [7, 11) is 0. The van der Waals surface area contributed by atoms with E-state index in [0.29, 0.717) is 12.1 Å². The van der Waals surface area contributed by atoms with E-state index in [-0.39, 0.29) is 25.2 Å². The number of fused-ring (bicyclic) bond motifs is 1. The number of aromatic nitrogens is 1. The summed E-state index contributed by atoms with van der Waals surface area (Å²) in [6.45, 7) is 1.49. The van der Waals surface area contributed by atoms with Gasteiger partial charge < -0.3 is 37.1 Å². The van der Waals surface area contributed by atoms with Gasteiger partial charge in [-0.05, 0) is 36.6 Å². The molecular weight excluding hydrogens is 564 g/mol. The van der Waals surface area contributed by atoms with Gasteiger partial charge >= 0.3 is 5.97 Å². The average molecular weight is 601 g/mol. The van der Waals surface area contributed by atoms with Gasteiger partial charge in [-0.1, -0.05) is 56.2 Å². The number of nitrogens with two attached hydrogens (primary N) is 1. The van der Waals surface area contributed by atoms with Gasteiger partial charge in [-0.15, -0.1) is 12.4 Å². The monoisotopic (exact) mass is 600 g/mol. The molecule has 226 valence electrons. The van der Waals surface area contributed by atoms with E-state index in [1.54, 1.807) is 36.5 Å². The molecule has 3 atom stereocenters. The van der Waals surface area contributed by atoms with Crippen LogP contribution < -0.4 is 27.0 Å². The largest absolute Gasteiger partial charge is 0.481 e. The van der Waals surface area contributed by atoms with Gasteiger partial charge in [0.15, 0.2) is 0 Å². The van der Waals surface area contributed by atoms with Crippen molar-refractivity contribution in [3.63, 3.8) is 0 Å². The predicted octanol–water partition coefficient (Wildman–Crippen LogP) is 1.85. The molecule has 3 aromatic rings.